The third-order valence-corrected chi connectivity index (χ3v) is 4.01. The summed E-state index contributed by atoms with van der Waals surface area (Å²) in [4.78, 5) is 5.70. The van der Waals surface area contributed by atoms with E-state index in [1.807, 2.05) is 0 Å². The first-order valence-corrected chi connectivity index (χ1v) is 7.28. The zero-order valence-corrected chi connectivity index (χ0v) is 12.1. The van der Waals surface area contributed by atoms with E-state index in [1.54, 1.807) is 11.3 Å². The summed E-state index contributed by atoms with van der Waals surface area (Å²) >= 11 is 5.05. The Morgan fingerprint density at radius 2 is 2.00 bits per heavy atom. The zero-order valence-electron chi connectivity index (χ0n) is 9.74. The molecule has 0 bridgehead atoms. The maximum Gasteiger partial charge on any atom is 0.180 e. The molecule has 90 valence electrons. The molecule has 2 rings (SSSR count). The van der Waals surface area contributed by atoms with Crippen LogP contribution in [0, 0.1) is 0 Å². The SMILES string of the molecule is CCCc1nc(N)sc1Cc1ccc(Br)cc1. The van der Waals surface area contributed by atoms with E-state index in [1.165, 1.54) is 10.4 Å². The van der Waals surface area contributed by atoms with E-state index in [4.69, 9.17) is 5.73 Å². The van der Waals surface area contributed by atoms with Crippen LogP contribution in [0.2, 0.25) is 0 Å². The number of anilines is 1. The number of benzene rings is 1. The van der Waals surface area contributed by atoms with E-state index in [0.29, 0.717) is 5.13 Å². The van der Waals surface area contributed by atoms with Crippen molar-refractivity contribution in [2.45, 2.75) is 26.2 Å². The van der Waals surface area contributed by atoms with Gasteiger partial charge in [-0.15, -0.1) is 11.3 Å². The highest BCUT2D eigenvalue weighted by Gasteiger charge is 2.09. The van der Waals surface area contributed by atoms with Gasteiger partial charge in [-0.1, -0.05) is 41.4 Å². The van der Waals surface area contributed by atoms with Gasteiger partial charge in [-0.25, -0.2) is 4.98 Å². The van der Waals surface area contributed by atoms with Crippen LogP contribution in [0.4, 0.5) is 5.13 Å². The van der Waals surface area contributed by atoms with Crippen LogP contribution in [0.5, 0.6) is 0 Å². The first kappa shape index (κ1) is 12.6. The fourth-order valence-corrected chi connectivity index (χ4v) is 2.94. The minimum atomic E-state index is 0.681. The van der Waals surface area contributed by atoms with Crippen LogP contribution in [0.15, 0.2) is 28.7 Å². The summed E-state index contributed by atoms with van der Waals surface area (Å²) in [6.07, 6.45) is 3.05. The van der Waals surface area contributed by atoms with Gasteiger partial charge in [0.2, 0.25) is 0 Å². The van der Waals surface area contributed by atoms with Crippen LogP contribution in [-0.4, -0.2) is 4.98 Å². The molecule has 0 aliphatic heterocycles. The quantitative estimate of drug-likeness (QED) is 0.926. The molecular weight excluding hydrogens is 296 g/mol. The van der Waals surface area contributed by atoms with Gasteiger partial charge in [0.15, 0.2) is 5.13 Å². The van der Waals surface area contributed by atoms with E-state index in [9.17, 15) is 0 Å². The van der Waals surface area contributed by atoms with Gasteiger partial charge in [-0.05, 0) is 24.1 Å². The number of nitrogen functional groups attached to an aromatic ring is 1. The predicted octanol–water partition coefficient (Wildman–Crippen LogP) is 4.03. The first-order valence-electron chi connectivity index (χ1n) is 5.67. The molecule has 2 nitrogen and oxygen atoms in total. The number of halogens is 1. The molecule has 0 aliphatic carbocycles. The Kier molecular flexibility index (Phi) is 4.18. The minimum Gasteiger partial charge on any atom is -0.375 e. The van der Waals surface area contributed by atoms with Gasteiger partial charge in [0, 0.05) is 15.8 Å². The average molecular weight is 311 g/mol. The molecule has 1 aromatic carbocycles. The standard InChI is InChI=1S/C13H15BrN2S/c1-2-3-11-12(17-13(15)16-11)8-9-4-6-10(14)7-5-9/h4-7H,2-3,8H2,1H3,(H2,15,16). The first-order chi connectivity index (χ1) is 8.19. The molecule has 4 heteroatoms. The number of rotatable bonds is 4. The monoisotopic (exact) mass is 310 g/mol. The molecule has 0 aliphatic rings. The molecule has 0 atom stereocenters. The second kappa shape index (κ2) is 5.65. The van der Waals surface area contributed by atoms with Crippen molar-refractivity contribution < 1.29 is 0 Å². The highest BCUT2D eigenvalue weighted by molar-refractivity contribution is 9.10. The molecule has 0 spiro atoms. The van der Waals surface area contributed by atoms with Crippen LogP contribution >= 0.6 is 27.3 Å². The van der Waals surface area contributed by atoms with Crippen molar-refractivity contribution in [1.29, 1.82) is 0 Å². The van der Waals surface area contributed by atoms with Crippen molar-refractivity contribution in [3.8, 4) is 0 Å². The lowest BCUT2D eigenvalue weighted by molar-refractivity contribution is 0.879. The molecule has 0 unspecified atom stereocenters. The molecule has 0 amide bonds. The van der Waals surface area contributed by atoms with E-state index in [-0.39, 0.29) is 0 Å². The van der Waals surface area contributed by atoms with Gasteiger partial charge in [-0.3, -0.25) is 0 Å². The molecule has 2 N–H and O–H groups in total. The second-order valence-electron chi connectivity index (χ2n) is 3.98. The molecule has 17 heavy (non-hydrogen) atoms. The van der Waals surface area contributed by atoms with Crippen molar-refractivity contribution in [1.82, 2.24) is 4.98 Å². The summed E-state index contributed by atoms with van der Waals surface area (Å²) < 4.78 is 1.11. The third-order valence-electron chi connectivity index (χ3n) is 2.56. The number of hydrogen-bond donors (Lipinski definition) is 1. The Hall–Kier alpha value is -0.870. The Labute approximate surface area is 114 Å². The van der Waals surface area contributed by atoms with Crippen LogP contribution in [0.1, 0.15) is 29.5 Å². The summed E-state index contributed by atoms with van der Waals surface area (Å²) in [5.74, 6) is 0. The number of hydrogen-bond acceptors (Lipinski definition) is 3. The van der Waals surface area contributed by atoms with Gasteiger partial charge < -0.3 is 5.73 Å². The number of nitrogens with zero attached hydrogens (tertiary/aromatic N) is 1. The predicted molar refractivity (Wildman–Crippen MR) is 77.5 cm³/mol. The van der Waals surface area contributed by atoms with Crippen molar-refractivity contribution >= 4 is 32.4 Å². The largest absolute Gasteiger partial charge is 0.375 e. The lowest BCUT2D eigenvalue weighted by atomic mass is 10.1. The molecule has 0 radical (unpaired) electrons. The molecule has 0 fully saturated rings. The van der Waals surface area contributed by atoms with Crippen LogP contribution in [0.25, 0.3) is 0 Å². The molecule has 0 saturated carbocycles. The topological polar surface area (TPSA) is 38.9 Å². The minimum absolute atomic E-state index is 0.681. The fourth-order valence-electron chi connectivity index (χ4n) is 1.76. The van der Waals surface area contributed by atoms with Gasteiger partial charge >= 0.3 is 0 Å². The van der Waals surface area contributed by atoms with Crippen molar-refractivity contribution in [3.05, 3.63) is 44.9 Å². The fraction of sp³-hybridized carbons (Fsp3) is 0.308. The van der Waals surface area contributed by atoms with E-state index in [2.05, 4.69) is 52.1 Å². The molecule has 0 saturated heterocycles. The van der Waals surface area contributed by atoms with E-state index in [0.717, 1.165) is 29.4 Å². The number of aryl methyl sites for hydroxylation is 1. The van der Waals surface area contributed by atoms with Crippen molar-refractivity contribution in [2.24, 2.45) is 0 Å². The Morgan fingerprint density at radius 1 is 1.29 bits per heavy atom. The van der Waals surface area contributed by atoms with E-state index < -0.39 is 0 Å². The highest BCUT2D eigenvalue weighted by Crippen LogP contribution is 2.25. The normalized spacial score (nSPS) is 10.7. The lowest BCUT2D eigenvalue weighted by Gasteiger charge is -2.01. The van der Waals surface area contributed by atoms with Gasteiger partial charge in [0.05, 0.1) is 5.69 Å². The molecule has 1 heterocycles. The lowest BCUT2D eigenvalue weighted by Crippen LogP contribution is -1.92. The van der Waals surface area contributed by atoms with Gasteiger partial charge in [-0.2, -0.15) is 0 Å². The second-order valence-corrected chi connectivity index (χ2v) is 6.01. The number of aromatic nitrogens is 1. The average Bonchev–Trinajstić information content (AvgIpc) is 2.63. The van der Waals surface area contributed by atoms with Crippen molar-refractivity contribution in [3.63, 3.8) is 0 Å². The number of thiazole rings is 1. The molecular formula is C13H15BrN2S. The van der Waals surface area contributed by atoms with E-state index >= 15 is 0 Å². The van der Waals surface area contributed by atoms with Gasteiger partial charge in [0.1, 0.15) is 0 Å². The smallest absolute Gasteiger partial charge is 0.180 e. The number of nitrogens with two attached hydrogens (primary N) is 1. The Morgan fingerprint density at radius 3 is 2.65 bits per heavy atom. The summed E-state index contributed by atoms with van der Waals surface area (Å²) in [7, 11) is 0. The van der Waals surface area contributed by atoms with Crippen LogP contribution < -0.4 is 5.73 Å². The third kappa shape index (κ3) is 3.30. The van der Waals surface area contributed by atoms with Gasteiger partial charge in [0.25, 0.3) is 0 Å². The molecule has 1 aromatic heterocycles. The van der Waals surface area contributed by atoms with Crippen molar-refractivity contribution in [2.75, 3.05) is 5.73 Å². The summed E-state index contributed by atoms with van der Waals surface area (Å²) in [5, 5.41) is 0.681. The Balaban J connectivity index is 2.20. The highest BCUT2D eigenvalue weighted by atomic mass is 79.9. The molecule has 2 aromatic rings. The summed E-state index contributed by atoms with van der Waals surface area (Å²) in [5.41, 5.74) is 8.25. The Bertz CT molecular complexity index is 491. The summed E-state index contributed by atoms with van der Waals surface area (Å²) in [6, 6.07) is 8.41. The van der Waals surface area contributed by atoms with Crippen LogP contribution in [-0.2, 0) is 12.8 Å². The maximum absolute atomic E-state index is 5.79. The maximum atomic E-state index is 5.79. The summed E-state index contributed by atoms with van der Waals surface area (Å²) in [6.45, 7) is 2.17. The van der Waals surface area contributed by atoms with Crippen LogP contribution in [0.3, 0.4) is 0 Å². The zero-order chi connectivity index (χ0) is 12.3.